The molecule has 2 unspecified atom stereocenters. The largest absolute Gasteiger partial charge is 0.481 e. The lowest BCUT2D eigenvalue weighted by Gasteiger charge is -2.16. The maximum Gasteiger partial charge on any atom is 0.311 e. The van der Waals surface area contributed by atoms with Gasteiger partial charge in [0, 0.05) is 17.8 Å². The summed E-state index contributed by atoms with van der Waals surface area (Å²) < 4.78 is 5.10. The van der Waals surface area contributed by atoms with Crippen LogP contribution in [-0.2, 0) is 9.53 Å². The minimum Gasteiger partial charge on any atom is -0.481 e. The summed E-state index contributed by atoms with van der Waals surface area (Å²) in [6.45, 7) is 0.432. The topological polar surface area (TPSA) is 102 Å². The van der Waals surface area contributed by atoms with Gasteiger partial charge in [-0.05, 0) is 6.07 Å². The predicted molar refractivity (Wildman–Crippen MR) is 62.5 cm³/mol. The van der Waals surface area contributed by atoms with Crippen LogP contribution in [0.1, 0.15) is 0 Å². The molecule has 0 aromatic heterocycles. The van der Waals surface area contributed by atoms with E-state index >= 15 is 0 Å². The van der Waals surface area contributed by atoms with Gasteiger partial charge in [-0.2, -0.15) is 0 Å². The second-order valence-electron chi connectivity index (χ2n) is 4.04. The standard InChI is InChI=1S/C11H12N2O5/c14-11(15)9-5-18-6-10(9)12-7-2-1-3-8(4-7)13(16)17/h1-4,9-10,12H,5-6H2,(H,14,15). The first kappa shape index (κ1) is 12.3. The van der Waals surface area contributed by atoms with E-state index in [1.54, 1.807) is 12.1 Å². The van der Waals surface area contributed by atoms with E-state index in [1.165, 1.54) is 12.1 Å². The first-order chi connectivity index (χ1) is 8.58. The Hall–Kier alpha value is -2.15. The molecule has 1 saturated heterocycles. The van der Waals surface area contributed by atoms with E-state index in [1.807, 2.05) is 0 Å². The Morgan fingerprint density at radius 2 is 2.28 bits per heavy atom. The predicted octanol–water partition coefficient (Wildman–Crippen LogP) is 1.11. The summed E-state index contributed by atoms with van der Waals surface area (Å²) in [5, 5.41) is 22.6. The average Bonchev–Trinajstić information content (AvgIpc) is 2.77. The number of nitro groups is 1. The number of ether oxygens (including phenoxy) is 1. The second-order valence-corrected chi connectivity index (χ2v) is 4.04. The number of carbonyl (C=O) groups is 1. The molecule has 0 aliphatic carbocycles. The maximum absolute atomic E-state index is 10.9. The van der Waals surface area contributed by atoms with Crippen molar-refractivity contribution in [3.8, 4) is 0 Å². The van der Waals surface area contributed by atoms with Crippen LogP contribution in [0.2, 0.25) is 0 Å². The molecule has 7 nitrogen and oxygen atoms in total. The van der Waals surface area contributed by atoms with Crippen LogP contribution in [0.15, 0.2) is 24.3 Å². The third-order valence-electron chi connectivity index (χ3n) is 2.81. The van der Waals surface area contributed by atoms with E-state index in [-0.39, 0.29) is 24.9 Å². The number of carboxylic acid groups (broad SMARTS) is 1. The number of non-ortho nitro benzene ring substituents is 1. The number of hydrogen-bond donors (Lipinski definition) is 2. The van der Waals surface area contributed by atoms with Gasteiger partial charge in [-0.1, -0.05) is 6.07 Å². The normalized spacial score (nSPS) is 22.7. The molecule has 1 aromatic carbocycles. The van der Waals surface area contributed by atoms with E-state index in [9.17, 15) is 14.9 Å². The van der Waals surface area contributed by atoms with Gasteiger partial charge in [0.05, 0.1) is 24.2 Å². The molecule has 96 valence electrons. The van der Waals surface area contributed by atoms with Gasteiger partial charge in [-0.3, -0.25) is 14.9 Å². The van der Waals surface area contributed by atoms with Crippen LogP contribution in [0.5, 0.6) is 0 Å². The molecule has 0 saturated carbocycles. The number of anilines is 1. The molecule has 0 bridgehead atoms. The summed E-state index contributed by atoms with van der Waals surface area (Å²) in [5.74, 6) is -1.57. The molecule has 1 aromatic rings. The fourth-order valence-corrected chi connectivity index (χ4v) is 1.86. The van der Waals surface area contributed by atoms with Crippen molar-refractivity contribution in [1.29, 1.82) is 0 Å². The Morgan fingerprint density at radius 3 is 2.94 bits per heavy atom. The number of carboxylic acids is 1. The van der Waals surface area contributed by atoms with Crippen LogP contribution in [0.25, 0.3) is 0 Å². The highest BCUT2D eigenvalue weighted by atomic mass is 16.6. The molecular formula is C11H12N2O5. The highest BCUT2D eigenvalue weighted by molar-refractivity contribution is 5.72. The van der Waals surface area contributed by atoms with Gasteiger partial charge in [0.1, 0.15) is 5.92 Å². The van der Waals surface area contributed by atoms with Crippen LogP contribution in [0.4, 0.5) is 11.4 Å². The Bertz CT molecular complexity index is 476. The molecule has 0 radical (unpaired) electrons. The molecule has 0 spiro atoms. The number of aliphatic carboxylic acids is 1. The smallest absolute Gasteiger partial charge is 0.311 e. The molecular weight excluding hydrogens is 240 g/mol. The molecule has 1 fully saturated rings. The van der Waals surface area contributed by atoms with Crippen LogP contribution >= 0.6 is 0 Å². The van der Waals surface area contributed by atoms with Crippen LogP contribution in [0.3, 0.4) is 0 Å². The quantitative estimate of drug-likeness (QED) is 0.614. The third kappa shape index (κ3) is 2.57. The highest BCUT2D eigenvalue weighted by Crippen LogP contribution is 2.22. The van der Waals surface area contributed by atoms with Crippen LogP contribution < -0.4 is 5.32 Å². The number of hydrogen-bond acceptors (Lipinski definition) is 5. The number of nitro benzene ring substituents is 1. The Morgan fingerprint density at radius 1 is 1.50 bits per heavy atom. The van der Waals surface area contributed by atoms with Crippen LogP contribution in [-0.4, -0.2) is 35.3 Å². The molecule has 1 heterocycles. The first-order valence-corrected chi connectivity index (χ1v) is 5.39. The van der Waals surface area contributed by atoms with Crippen molar-refractivity contribution in [2.45, 2.75) is 6.04 Å². The van der Waals surface area contributed by atoms with Crippen LogP contribution in [0, 0.1) is 16.0 Å². The van der Waals surface area contributed by atoms with Crippen molar-refractivity contribution in [2.24, 2.45) is 5.92 Å². The van der Waals surface area contributed by atoms with Crippen molar-refractivity contribution >= 4 is 17.3 Å². The van der Waals surface area contributed by atoms with E-state index in [4.69, 9.17) is 9.84 Å². The summed E-state index contributed by atoms with van der Waals surface area (Å²) in [7, 11) is 0. The van der Waals surface area contributed by atoms with E-state index in [2.05, 4.69) is 5.32 Å². The summed E-state index contributed by atoms with van der Waals surface area (Å²) >= 11 is 0. The fourth-order valence-electron chi connectivity index (χ4n) is 1.86. The molecule has 0 amide bonds. The molecule has 1 aliphatic heterocycles. The van der Waals surface area contributed by atoms with E-state index in [0.29, 0.717) is 5.69 Å². The lowest BCUT2D eigenvalue weighted by molar-refractivity contribution is -0.384. The van der Waals surface area contributed by atoms with E-state index in [0.717, 1.165) is 0 Å². The minimum atomic E-state index is -0.935. The van der Waals surface area contributed by atoms with Gasteiger partial charge in [0.2, 0.25) is 0 Å². The summed E-state index contributed by atoms with van der Waals surface area (Å²) in [4.78, 5) is 21.1. The van der Waals surface area contributed by atoms with Gasteiger partial charge < -0.3 is 15.2 Å². The molecule has 2 N–H and O–H groups in total. The lowest BCUT2D eigenvalue weighted by atomic mass is 10.0. The van der Waals surface area contributed by atoms with Crippen molar-refractivity contribution in [3.63, 3.8) is 0 Å². The molecule has 18 heavy (non-hydrogen) atoms. The van der Waals surface area contributed by atoms with Gasteiger partial charge in [0.25, 0.3) is 5.69 Å². The minimum absolute atomic E-state index is 0.0363. The Kier molecular flexibility index (Phi) is 3.42. The fraction of sp³-hybridized carbons (Fsp3) is 0.364. The average molecular weight is 252 g/mol. The van der Waals surface area contributed by atoms with Crippen molar-refractivity contribution in [3.05, 3.63) is 34.4 Å². The second kappa shape index (κ2) is 5.01. The first-order valence-electron chi connectivity index (χ1n) is 5.39. The number of rotatable bonds is 4. The Labute approximate surface area is 103 Å². The number of nitrogens with zero attached hydrogens (tertiary/aromatic N) is 1. The summed E-state index contributed by atoms with van der Waals surface area (Å²) in [5.41, 5.74) is 0.483. The number of nitrogens with one attached hydrogen (secondary N) is 1. The van der Waals surface area contributed by atoms with E-state index < -0.39 is 16.8 Å². The zero-order chi connectivity index (χ0) is 13.1. The Balaban J connectivity index is 2.11. The molecule has 1 aliphatic rings. The SMILES string of the molecule is O=C(O)C1COCC1Nc1cccc([N+](=O)[O-])c1. The van der Waals surface area contributed by atoms with Crippen molar-refractivity contribution < 1.29 is 19.6 Å². The maximum atomic E-state index is 10.9. The van der Waals surface area contributed by atoms with Crippen molar-refractivity contribution in [2.75, 3.05) is 18.5 Å². The van der Waals surface area contributed by atoms with Gasteiger partial charge in [0.15, 0.2) is 0 Å². The molecule has 2 atom stereocenters. The third-order valence-corrected chi connectivity index (χ3v) is 2.81. The van der Waals surface area contributed by atoms with Gasteiger partial charge >= 0.3 is 5.97 Å². The summed E-state index contributed by atoms with van der Waals surface area (Å²) in [6, 6.07) is 5.59. The number of benzene rings is 1. The zero-order valence-corrected chi connectivity index (χ0v) is 9.41. The lowest BCUT2D eigenvalue weighted by Crippen LogP contribution is -2.33. The molecule has 7 heteroatoms. The molecule has 2 rings (SSSR count). The highest BCUT2D eigenvalue weighted by Gasteiger charge is 2.34. The summed E-state index contributed by atoms with van der Waals surface area (Å²) in [6.07, 6.45) is 0. The zero-order valence-electron chi connectivity index (χ0n) is 9.41. The monoisotopic (exact) mass is 252 g/mol. The van der Waals surface area contributed by atoms with Crippen molar-refractivity contribution in [1.82, 2.24) is 0 Å². The van der Waals surface area contributed by atoms with Gasteiger partial charge in [-0.25, -0.2) is 0 Å². The van der Waals surface area contributed by atoms with Gasteiger partial charge in [-0.15, -0.1) is 0 Å².